The number of furan rings is 3. The van der Waals surface area contributed by atoms with Gasteiger partial charge in [-0.15, -0.1) is 0 Å². The third kappa shape index (κ3) is 3.04. The highest BCUT2D eigenvalue weighted by molar-refractivity contribution is 5.93. The number of nitrogens with two attached hydrogens (primary N) is 1. The molecule has 0 atom stereocenters. The molecule has 0 amide bonds. The van der Waals surface area contributed by atoms with E-state index in [2.05, 4.69) is 4.98 Å². The molecule has 0 unspecified atom stereocenters. The van der Waals surface area contributed by atoms with Gasteiger partial charge in [0.25, 0.3) is 11.6 Å². The first kappa shape index (κ1) is 16.9. The third-order valence-corrected chi connectivity index (χ3v) is 4.45. The predicted molar refractivity (Wildman–Crippen MR) is 106 cm³/mol. The van der Waals surface area contributed by atoms with Crippen LogP contribution in [0.4, 0.5) is 6.01 Å². The summed E-state index contributed by atoms with van der Waals surface area (Å²) in [5.74, 6) is 2.10. The lowest BCUT2D eigenvalue weighted by Gasteiger charge is -2.14. The van der Waals surface area contributed by atoms with Crippen LogP contribution in [0, 0.1) is 0 Å². The molecule has 7 nitrogen and oxygen atoms in total. The molecule has 5 rings (SSSR count). The second-order valence-corrected chi connectivity index (χ2v) is 6.28. The lowest BCUT2D eigenvalue weighted by atomic mass is 9.92. The van der Waals surface area contributed by atoms with Gasteiger partial charge < -0.3 is 23.4 Å². The van der Waals surface area contributed by atoms with Gasteiger partial charge in [0.1, 0.15) is 23.0 Å². The Balaban J connectivity index is 1.90. The lowest BCUT2D eigenvalue weighted by Crippen LogP contribution is -2.08. The number of nitrogen functional groups attached to an aromatic ring is 1. The van der Waals surface area contributed by atoms with E-state index in [9.17, 15) is 4.79 Å². The number of aromatic nitrogens is 1. The van der Waals surface area contributed by atoms with Gasteiger partial charge in [0.2, 0.25) is 0 Å². The molecule has 0 saturated carbocycles. The molecular formula is C22H14N2O5. The highest BCUT2D eigenvalue weighted by Crippen LogP contribution is 2.43. The third-order valence-electron chi connectivity index (χ3n) is 4.45. The van der Waals surface area contributed by atoms with E-state index in [1.807, 2.05) is 36.4 Å². The van der Waals surface area contributed by atoms with Crippen LogP contribution in [0.2, 0.25) is 0 Å². The summed E-state index contributed by atoms with van der Waals surface area (Å²) in [6, 6.07) is 15.7. The van der Waals surface area contributed by atoms with Crippen LogP contribution in [-0.2, 0) is 0 Å². The molecule has 142 valence electrons. The van der Waals surface area contributed by atoms with E-state index in [0.29, 0.717) is 34.0 Å². The van der Waals surface area contributed by atoms with Gasteiger partial charge in [0.15, 0.2) is 0 Å². The topological polar surface area (TPSA) is 109 Å². The van der Waals surface area contributed by atoms with Crippen molar-refractivity contribution in [2.24, 2.45) is 0 Å². The van der Waals surface area contributed by atoms with Crippen LogP contribution in [0.25, 0.3) is 45.3 Å². The lowest BCUT2D eigenvalue weighted by molar-refractivity contribution is 0.559. The van der Waals surface area contributed by atoms with Gasteiger partial charge in [0, 0.05) is 28.3 Å². The zero-order valence-corrected chi connectivity index (χ0v) is 15.0. The van der Waals surface area contributed by atoms with Gasteiger partial charge >= 0.3 is 0 Å². The normalized spacial score (nSPS) is 11.0. The smallest absolute Gasteiger partial charge is 0.295 e. The maximum absolute atomic E-state index is 12.0. The average Bonchev–Trinajstić information content (AvgIpc) is 3.50. The fraction of sp³-hybridized carbons (Fsp3) is 0. The summed E-state index contributed by atoms with van der Waals surface area (Å²) in [4.78, 5) is 15.6. The van der Waals surface area contributed by atoms with E-state index in [-0.39, 0.29) is 11.8 Å². The Morgan fingerprint density at radius 3 is 1.76 bits per heavy atom. The molecule has 4 heterocycles. The maximum atomic E-state index is 12.0. The maximum Gasteiger partial charge on any atom is 0.295 e. The standard InChI is InChI=1S/C22H14N2O5/c23-22-24-20(25)12-19(29-22)21-14(17-5-2-8-27-17)10-13(16-4-1-7-26-16)11-15(21)18-6-3-9-28-18/h1-12H,(H2,23,24,25). The van der Waals surface area contributed by atoms with Crippen LogP contribution in [0.5, 0.6) is 0 Å². The average molecular weight is 386 g/mol. The first-order valence-electron chi connectivity index (χ1n) is 8.77. The number of anilines is 1. The molecule has 0 aliphatic rings. The van der Waals surface area contributed by atoms with E-state index in [4.69, 9.17) is 23.4 Å². The fourth-order valence-corrected chi connectivity index (χ4v) is 3.29. The SMILES string of the molecule is Nc1nc(=O)cc(-c2c(-c3ccco3)cc(-c3ccco3)cc2-c2ccco2)o1. The van der Waals surface area contributed by atoms with Gasteiger partial charge in [-0.3, -0.25) is 4.79 Å². The van der Waals surface area contributed by atoms with Crippen LogP contribution < -0.4 is 11.3 Å². The summed E-state index contributed by atoms with van der Waals surface area (Å²) in [5.41, 5.74) is 7.97. The van der Waals surface area contributed by atoms with Crippen molar-refractivity contribution in [3.8, 4) is 45.3 Å². The van der Waals surface area contributed by atoms with Crippen LogP contribution in [0.1, 0.15) is 0 Å². The summed E-state index contributed by atoms with van der Waals surface area (Å²) in [6.07, 6.45) is 4.75. The van der Waals surface area contributed by atoms with Gasteiger partial charge in [-0.05, 0) is 48.5 Å². The van der Waals surface area contributed by atoms with E-state index in [1.54, 1.807) is 30.9 Å². The van der Waals surface area contributed by atoms with Crippen molar-refractivity contribution in [1.82, 2.24) is 4.98 Å². The summed E-state index contributed by atoms with van der Waals surface area (Å²) in [5, 5.41) is 0. The van der Waals surface area contributed by atoms with Crippen molar-refractivity contribution >= 4 is 6.01 Å². The summed E-state index contributed by atoms with van der Waals surface area (Å²) >= 11 is 0. The number of hydrogen-bond donors (Lipinski definition) is 1. The Labute approximate surface area is 164 Å². The molecule has 0 aliphatic heterocycles. The largest absolute Gasteiger partial charge is 0.464 e. The molecule has 0 aliphatic carbocycles. The molecule has 7 heteroatoms. The molecule has 1 aromatic carbocycles. The minimum atomic E-state index is -0.505. The Morgan fingerprint density at radius 1 is 0.724 bits per heavy atom. The molecular weight excluding hydrogens is 372 g/mol. The summed E-state index contributed by atoms with van der Waals surface area (Å²) < 4.78 is 22.5. The monoisotopic (exact) mass is 386 g/mol. The van der Waals surface area contributed by atoms with E-state index >= 15 is 0 Å². The quantitative estimate of drug-likeness (QED) is 0.459. The van der Waals surface area contributed by atoms with Gasteiger partial charge in [0.05, 0.1) is 18.8 Å². The van der Waals surface area contributed by atoms with Crippen molar-refractivity contribution in [3.05, 3.63) is 83.7 Å². The molecule has 5 aromatic rings. The first-order valence-corrected chi connectivity index (χ1v) is 8.77. The fourth-order valence-electron chi connectivity index (χ4n) is 3.29. The Morgan fingerprint density at radius 2 is 1.28 bits per heavy atom. The first-order chi connectivity index (χ1) is 14.2. The minimum absolute atomic E-state index is 0.224. The number of nitrogens with zero attached hydrogens (tertiary/aromatic N) is 1. The van der Waals surface area contributed by atoms with Gasteiger partial charge in [-0.25, -0.2) is 0 Å². The van der Waals surface area contributed by atoms with Crippen molar-refractivity contribution in [2.75, 3.05) is 5.73 Å². The number of hydrogen-bond acceptors (Lipinski definition) is 7. The molecule has 0 radical (unpaired) electrons. The van der Waals surface area contributed by atoms with Crippen molar-refractivity contribution in [3.63, 3.8) is 0 Å². The van der Waals surface area contributed by atoms with Crippen LogP contribution in [0.3, 0.4) is 0 Å². The van der Waals surface area contributed by atoms with E-state index in [0.717, 1.165) is 5.56 Å². The molecule has 0 fully saturated rings. The van der Waals surface area contributed by atoms with Crippen LogP contribution in [0.15, 0.2) is 95.8 Å². The van der Waals surface area contributed by atoms with E-state index < -0.39 is 5.56 Å². The summed E-state index contributed by atoms with van der Waals surface area (Å²) in [7, 11) is 0. The summed E-state index contributed by atoms with van der Waals surface area (Å²) in [6.45, 7) is 0. The molecule has 29 heavy (non-hydrogen) atoms. The second kappa shape index (κ2) is 6.72. The molecule has 4 aromatic heterocycles. The zero-order valence-electron chi connectivity index (χ0n) is 15.0. The van der Waals surface area contributed by atoms with Crippen molar-refractivity contribution in [2.45, 2.75) is 0 Å². The molecule has 0 bridgehead atoms. The highest BCUT2D eigenvalue weighted by atomic mass is 16.4. The number of rotatable bonds is 4. The van der Waals surface area contributed by atoms with Gasteiger partial charge in [-0.1, -0.05) is 0 Å². The Bertz CT molecular complexity index is 1260. The van der Waals surface area contributed by atoms with Crippen LogP contribution >= 0.6 is 0 Å². The molecule has 2 N–H and O–H groups in total. The van der Waals surface area contributed by atoms with Crippen LogP contribution in [-0.4, -0.2) is 4.98 Å². The van der Waals surface area contributed by atoms with E-state index in [1.165, 1.54) is 6.07 Å². The second-order valence-electron chi connectivity index (χ2n) is 6.28. The molecule has 0 saturated heterocycles. The van der Waals surface area contributed by atoms with Crippen molar-refractivity contribution in [1.29, 1.82) is 0 Å². The Hall–Kier alpha value is -4.26. The zero-order chi connectivity index (χ0) is 19.8. The molecule has 0 spiro atoms. The predicted octanol–water partition coefficient (Wildman–Crippen LogP) is 5.06. The minimum Gasteiger partial charge on any atom is -0.464 e. The highest BCUT2D eigenvalue weighted by Gasteiger charge is 2.22. The number of benzene rings is 1. The van der Waals surface area contributed by atoms with Crippen molar-refractivity contribution < 1.29 is 17.7 Å². The Kier molecular flexibility index (Phi) is 3.91. The van der Waals surface area contributed by atoms with Gasteiger partial charge in [-0.2, -0.15) is 4.98 Å².